The second-order valence-corrected chi connectivity index (χ2v) is 1.10. The van der Waals surface area contributed by atoms with Crippen LogP contribution in [0.1, 0.15) is 0 Å². The van der Waals surface area contributed by atoms with Gasteiger partial charge in [-0.1, -0.05) is 0 Å². The van der Waals surface area contributed by atoms with Crippen molar-refractivity contribution in [3.63, 3.8) is 0 Å². The van der Waals surface area contributed by atoms with Crippen LogP contribution in [0.5, 0.6) is 0 Å². The van der Waals surface area contributed by atoms with Crippen LogP contribution in [0.3, 0.4) is 0 Å². The van der Waals surface area contributed by atoms with Crippen molar-refractivity contribution in [1.82, 2.24) is 0 Å². The van der Waals surface area contributed by atoms with Crippen LogP contribution in [0.4, 0.5) is 0 Å². The highest BCUT2D eigenvalue weighted by Gasteiger charge is 1.64. The molecule has 0 bridgehead atoms. The lowest BCUT2D eigenvalue weighted by Crippen LogP contribution is -1.79. The lowest BCUT2D eigenvalue weighted by Gasteiger charge is -1.75. The molecule has 0 heterocycles. The Morgan fingerprint density at radius 2 is 2.38 bits per heavy atom. The fraction of sp³-hybridized carbons (Fsp3) is 0.400. The molecule has 0 aromatic rings. The molecule has 0 fully saturated rings. The van der Waals surface area contributed by atoms with Crippen molar-refractivity contribution in [1.29, 1.82) is 0 Å². The van der Waals surface area contributed by atoms with Crippen molar-refractivity contribution < 1.29 is 0 Å². The molecule has 0 unspecified atom stereocenters. The summed E-state index contributed by atoms with van der Waals surface area (Å²) in [5.74, 6) is 0. The van der Waals surface area contributed by atoms with Gasteiger partial charge in [-0.05, 0) is 6.72 Å². The van der Waals surface area contributed by atoms with Crippen LogP contribution >= 0.6 is 0 Å². The first-order chi connectivity index (χ1) is 3.91. The van der Waals surface area contributed by atoms with Crippen LogP contribution in [0.2, 0.25) is 0 Å². The average molecular weight is 111 g/mol. The van der Waals surface area contributed by atoms with E-state index in [-0.39, 0.29) is 0 Å². The quantitative estimate of drug-likeness (QED) is 0.374. The van der Waals surface area contributed by atoms with Crippen LogP contribution in [-0.2, 0) is 0 Å². The van der Waals surface area contributed by atoms with Gasteiger partial charge in [0.1, 0.15) is 6.34 Å². The molecule has 0 aliphatic carbocycles. The van der Waals surface area contributed by atoms with Crippen molar-refractivity contribution in [3.8, 4) is 0 Å². The third-order valence-corrected chi connectivity index (χ3v) is 0.533. The average Bonchev–Trinajstić information content (AvgIpc) is 1.81. The van der Waals surface area contributed by atoms with Crippen molar-refractivity contribution >= 4 is 19.3 Å². The minimum absolute atomic E-state index is 0.593. The van der Waals surface area contributed by atoms with Gasteiger partial charge in [0.25, 0.3) is 0 Å². The second kappa shape index (κ2) is 6.01. The second-order valence-electron chi connectivity index (χ2n) is 1.10. The molecular formula is C5H9N3. The Bertz CT molecular complexity index is 104. The first-order valence-electron chi connectivity index (χ1n) is 2.26. The molecule has 3 nitrogen and oxygen atoms in total. The van der Waals surface area contributed by atoms with Crippen molar-refractivity contribution in [3.05, 3.63) is 0 Å². The van der Waals surface area contributed by atoms with Crippen molar-refractivity contribution in [2.45, 2.75) is 0 Å². The van der Waals surface area contributed by atoms with E-state index in [4.69, 9.17) is 0 Å². The molecule has 0 N–H and O–H groups in total. The summed E-state index contributed by atoms with van der Waals surface area (Å²) in [5, 5.41) is 0. The third kappa shape index (κ3) is 5.01. The Labute approximate surface area is 48.9 Å². The van der Waals surface area contributed by atoms with E-state index in [0.717, 1.165) is 0 Å². The van der Waals surface area contributed by atoms with E-state index >= 15 is 0 Å². The monoisotopic (exact) mass is 111 g/mol. The van der Waals surface area contributed by atoms with Gasteiger partial charge in [0.15, 0.2) is 0 Å². The van der Waals surface area contributed by atoms with E-state index in [2.05, 4.69) is 21.7 Å². The predicted molar refractivity (Wildman–Crippen MR) is 37.3 cm³/mol. The molecule has 0 aliphatic rings. The summed E-state index contributed by atoms with van der Waals surface area (Å²) in [4.78, 5) is 10.9. The summed E-state index contributed by atoms with van der Waals surface area (Å²) in [6.45, 7) is 3.81. The van der Waals surface area contributed by atoms with Gasteiger partial charge in [-0.25, -0.2) is 0 Å². The predicted octanol–water partition coefficient (Wildman–Crippen LogP) is 0.416. The van der Waals surface area contributed by atoms with Gasteiger partial charge >= 0.3 is 0 Å². The van der Waals surface area contributed by atoms with E-state index < -0.39 is 0 Å². The van der Waals surface area contributed by atoms with E-state index in [0.29, 0.717) is 6.54 Å². The maximum Gasteiger partial charge on any atom is 0.109 e. The van der Waals surface area contributed by atoms with E-state index in [1.54, 1.807) is 13.3 Å². The maximum absolute atomic E-state index is 3.78. The zero-order valence-corrected chi connectivity index (χ0v) is 4.91. The third-order valence-electron chi connectivity index (χ3n) is 0.533. The van der Waals surface area contributed by atoms with Gasteiger partial charge in [0, 0.05) is 13.3 Å². The summed E-state index contributed by atoms with van der Waals surface area (Å²) < 4.78 is 0. The number of aliphatic imine (C=N–C) groups is 3. The molecule has 0 radical (unpaired) electrons. The van der Waals surface area contributed by atoms with E-state index in [1.807, 2.05) is 0 Å². The Morgan fingerprint density at radius 3 is 2.88 bits per heavy atom. The normalized spacial score (nSPS) is 11.1. The molecule has 0 rings (SSSR count). The Morgan fingerprint density at radius 1 is 1.62 bits per heavy atom. The summed E-state index contributed by atoms with van der Waals surface area (Å²) in [6.07, 6.45) is 3.10. The highest BCUT2D eigenvalue weighted by molar-refractivity contribution is 5.66. The van der Waals surface area contributed by atoms with Crippen molar-refractivity contribution in [2.24, 2.45) is 15.0 Å². The molecule has 0 spiro atoms. The summed E-state index contributed by atoms with van der Waals surface area (Å²) in [6, 6.07) is 0. The van der Waals surface area contributed by atoms with Gasteiger partial charge in [-0.3, -0.25) is 15.0 Å². The zero-order valence-electron chi connectivity index (χ0n) is 4.91. The summed E-state index contributed by atoms with van der Waals surface area (Å²) >= 11 is 0. The largest absolute Gasteiger partial charge is 0.299 e. The van der Waals surface area contributed by atoms with Gasteiger partial charge < -0.3 is 0 Å². The minimum atomic E-state index is 0.593. The Kier molecular flexibility index (Phi) is 5.27. The van der Waals surface area contributed by atoms with Crippen molar-refractivity contribution in [2.75, 3.05) is 13.6 Å². The van der Waals surface area contributed by atoms with Gasteiger partial charge in [-0.2, -0.15) is 0 Å². The molecule has 0 saturated heterocycles. The lowest BCUT2D eigenvalue weighted by atomic mass is 10.7. The van der Waals surface area contributed by atoms with Gasteiger partial charge in [0.05, 0.1) is 6.54 Å². The SMILES string of the molecule is C=NC=NCC=NC. The summed E-state index contributed by atoms with van der Waals surface area (Å²) in [7, 11) is 1.71. The number of hydrogen-bond donors (Lipinski definition) is 0. The highest BCUT2D eigenvalue weighted by Crippen LogP contribution is 1.62. The zero-order chi connectivity index (χ0) is 6.24. The molecule has 0 aromatic carbocycles. The highest BCUT2D eigenvalue weighted by atomic mass is 14.8. The smallest absolute Gasteiger partial charge is 0.109 e. The minimum Gasteiger partial charge on any atom is -0.299 e. The standard InChI is InChI=1S/C5H9N3/c1-6-3-4-8-5-7-2/h3,5H,2,4H2,1H3. The fourth-order valence-corrected chi connectivity index (χ4v) is 0.234. The number of hydrogen-bond acceptors (Lipinski definition) is 2. The molecule has 0 aromatic heterocycles. The molecule has 44 valence electrons. The first kappa shape index (κ1) is 7.01. The van der Waals surface area contributed by atoms with Gasteiger partial charge in [0.2, 0.25) is 0 Å². The maximum atomic E-state index is 3.78. The topological polar surface area (TPSA) is 37.1 Å². The number of rotatable bonds is 3. The molecular weight excluding hydrogens is 102 g/mol. The molecule has 8 heavy (non-hydrogen) atoms. The molecule has 0 saturated carbocycles. The fourth-order valence-electron chi connectivity index (χ4n) is 0.234. The van der Waals surface area contributed by atoms with E-state index in [1.165, 1.54) is 6.34 Å². The number of nitrogens with zero attached hydrogens (tertiary/aromatic N) is 3. The molecule has 0 amide bonds. The van der Waals surface area contributed by atoms with Crippen LogP contribution in [0.25, 0.3) is 0 Å². The van der Waals surface area contributed by atoms with Crippen LogP contribution in [-0.4, -0.2) is 32.9 Å². The molecule has 0 aliphatic heterocycles. The van der Waals surface area contributed by atoms with Gasteiger partial charge in [-0.15, -0.1) is 0 Å². The Hall–Kier alpha value is -0.990. The van der Waals surface area contributed by atoms with E-state index in [9.17, 15) is 0 Å². The molecule has 3 heteroatoms. The lowest BCUT2D eigenvalue weighted by molar-refractivity contribution is 1.30. The Balaban J connectivity index is 3.15. The van der Waals surface area contributed by atoms with Crippen LogP contribution in [0.15, 0.2) is 15.0 Å². The summed E-state index contributed by atoms with van der Waals surface area (Å²) in [5.41, 5.74) is 0. The first-order valence-corrected chi connectivity index (χ1v) is 2.26. The van der Waals surface area contributed by atoms with Crippen LogP contribution < -0.4 is 0 Å². The van der Waals surface area contributed by atoms with Crippen LogP contribution in [0, 0.1) is 0 Å². The molecule has 0 atom stereocenters.